The lowest BCUT2D eigenvalue weighted by atomic mass is 10.1. The van der Waals surface area contributed by atoms with Crippen molar-refractivity contribution < 1.29 is 13.9 Å². The van der Waals surface area contributed by atoms with Crippen LogP contribution in [0.25, 0.3) is 0 Å². The minimum absolute atomic E-state index is 0.00651. The molecular weight excluding hydrogens is 200 g/mol. The van der Waals surface area contributed by atoms with Crippen molar-refractivity contribution in [1.82, 2.24) is 5.32 Å². The van der Waals surface area contributed by atoms with Gasteiger partial charge >= 0.3 is 0 Å². The van der Waals surface area contributed by atoms with E-state index in [4.69, 9.17) is 5.11 Å². The second kappa shape index (κ2) is 5.78. The van der Waals surface area contributed by atoms with Crippen molar-refractivity contribution >= 4 is 0 Å². The Kier molecular flexibility index (Phi) is 4.65. The molecule has 0 bridgehead atoms. The molecule has 1 aromatic rings. The van der Waals surface area contributed by atoms with Crippen molar-refractivity contribution in [2.45, 2.75) is 25.9 Å². The molecule has 1 atom stereocenters. The highest BCUT2D eigenvalue weighted by atomic mass is 19.2. The molecule has 0 amide bonds. The topological polar surface area (TPSA) is 32.3 Å². The van der Waals surface area contributed by atoms with Crippen molar-refractivity contribution in [2.24, 2.45) is 0 Å². The van der Waals surface area contributed by atoms with Crippen LogP contribution in [0.15, 0.2) is 18.2 Å². The third-order valence-corrected chi connectivity index (χ3v) is 2.33. The normalized spacial score (nSPS) is 12.8. The molecule has 0 radical (unpaired) electrons. The minimum atomic E-state index is -0.841. The van der Waals surface area contributed by atoms with Gasteiger partial charge in [0.25, 0.3) is 0 Å². The summed E-state index contributed by atoms with van der Waals surface area (Å²) in [5.74, 6) is -1.66. The first-order valence-corrected chi connectivity index (χ1v) is 4.96. The summed E-state index contributed by atoms with van der Waals surface area (Å²) in [5.41, 5.74) is 0.280. The molecule has 0 aromatic heterocycles. The largest absolute Gasteiger partial charge is 0.395 e. The van der Waals surface area contributed by atoms with Gasteiger partial charge in [-0.15, -0.1) is 0 Å². The van der Waals surface area contributed by atoms with E-state index < -0.39 is 11.6 Å². The maximum absolute atomic E-state index is 13.2. The van der Waals surface area contributed by atoms with Crippen LogP contribution in [0.3, 0.4) is 0 Å². The van der Waals surface area contributed by atoms with Gasteiger partial charge in [0.2, 0.25) is 0 Å². The lowest BCUT2D eigenvalue weighted by Crippen LogP contribution is -2.31. The van der Waals surface area contributed by atoms with Crippen molar-refractivity contribution in [3.05, 3.63) is 35.4 Å². The molecule has 0 spiro atoms. The molecule has 2 nitrogen and oxygen atoms in total. The molecule has 0 saturated carbocycles. The smallest absolute Gasteiger partial charge is 0.163 e. The van der Waals surface area contributed by atoms with Gasteiger partial charge in [0.15, 0.2) is 11.6 Å². The van der Waals surface area contributed by atoms with E-state index in [1.54, 1.807) is 0 Å². The Morgan fingerprint density at radius 2 is 2.13 bits per heavy atom. The molecule has 2 N–H and O–H groups in total. The van der Waals surface area contributed by atoms with Gasteiger partial charge in [-0.1, -0.05) is 19.1 Å². The first kappa shape index (κ1) is 12.1. The zero-order valence-electron chi connectivity index (χ0n) is 8.63. The fraction of sp³-hybridized carbons (Fsp3) is 0.455. The zero-order valence-corrected chi connectivity index (χ0v) is 8.63. The summed E-state index contributed by atoms with van der Waals surface area (Å²) in [7, 11) is 0. The van der Waals surface area contributed by atoms with Crippen LogP contribution >= 0.6 is 0 Å². The van der Waals surface area contributed by atoms with Crippen LogP contribution in [0, 0.1) is 11.6 Å². The average molecular weight is 215 g/mol. The van der Waals surface area contributed by atoms with Crippen molar-refractivity contribution in [2.75, 3.05) is 6.61 Å². The van der Waals surface area contributed by atoms with E-state index in [1.807, 2.05) is 6.92 Å². The van der Waals surface area contributed by atoms with Gasteiger partial charge in [-0.25, -0.2) is 8.78 Å². The summed E-state index contributed by atoms with van der Waals surface area (Å²) in [5, 5.41) is 11.8. The number of hydrogen-bond donors (Lipinski definition) is 2. The molecule has 84 valence electrons. The van der Waals surface area contributed by atoms with Crippen LogP contribution in [0.4, 0.5) is 8.78 Å². The van der Waals surface area contributed by atoms with E-state index >= 15 is 0 Å². The lowest BCUT2D eigenvalue weighted by Gasteiger charge is -2.14. The zero-order chi connectivity index (χ0) is 11.3. The van der Waals surface area contributed by atoms with Gasteiger partial charge in [0.1, 0.15) is 0 Å². The minimum Gasteiger partial charge on any atom is -0.395 e. The van der Waals surface area contributed by atoms with Crippen molar-refractivity contribution in [1.29, 1.82) is 0 Å². The SMILES string of the molecule is CCC(CO)NCc1cccc(F)c1F. The maximum Gasteiger partial charge on any atom is 0.163 e. The van der Waals surface area contributed by atoms with E-state index in [1.165, 1.54) is 12.1 Å². The monoisotopic (exact) mass is 215 g/mol. The first-order chi connectivity index (χ1) is 7.19. The summed E-state index contributed by atoms with van der Waals surface area (Å²) < 4.78 is 26.0. The highest BCUT2D eigenvalue weighted by molar-refractivity contribution is 5.18. The highest BCUT2D eigenvalue weighted by Crippen LogP contribution is 2.11. The van der Waals surface area contributed by atoms with Crippen LogP contribution in [-0.4, -0.2) is 17.8 Å². The molecule has 0 heterocycles. The Labute approximate surface area is 87.9 Å². The molecule has 4 heteroatoms. The van der Waals surface area contributed by atoms with E-state index in [0.717, 1.165) is 12.5 Å². The molecule has 15 heavy (non-hydrogen) atoms. The molecule has 1 aromatic carbocycles. The number of rotatable bonds is 5. The van der Waals surface area contributed by atoms with Crippen molar-refractivity contribution in [3.63, 3.8) is 0 Å². The molecule has 0 aliphatic carbocycles. The van der Waals surface area contributed by atoms with Gasteiger partial charge in [0, 0.05) is 18.2 Å². The molecular formula is C11H15F2NO. The van der Waals surface area contributed by atoms with Gasteiger partial charge in [0.05, 0.1) is 6.61 Å². The fourth-order valence-corrected chi connectivity index (χ4v) is 1.28. The summed E-state index contributed by atoms with van der Waals surface area (Å²) in [6.45, 7) is 2.13. The van der Waals surface area contributed by atoms with E-state index in [2.05, 4.69) is 5.32 Å². The van der Waals surface area contributed by atoms with Crippen LogP contribution in [-0.2, 0) is 6.54 Å². The highest BCUT2D eigenvalue weighted by Gasteiger charge is 2.09. The Morgan fingerprint density at radius 3 is 2.73 bits per heavy atom. The fourth-order valence-electron chi connectivity index (χ4n) is 1.28. The Hall–Kier alpha value is -1.00. The third-order valence-electron chi connectivity index (χ3n) is 2.33. The standard InChI is InChI=1S/C11H15F2NO/c1-2-9(7-15)14-6-8-4-3-5-10(12)11(8)13/h3-5,9,14-15H,2,6-7H2,1H3. The van der Waals surface area contributed by atoms with Crippen LogP contribution in [0.1, 0.15) is 18.9 Å². The van der Waals surface area contributed by atoms with Gasteiger partial charge < -0.3 is 10.4 Å². The molecule has 0 aliphatic heterocycles. The number of nitrogens with one attached hydrogen (secondary N) is 1. The molecule has 1 rings (SSSR count). The average Bonchev–Trinajstić information content (AvgIpc) is 2.25. The summed E-state index contributed by atoms with van der Waals surface area (Å²) in [6, 6.07) is 4.00. The Morgan fingerprint density at radius 1 is 1.40 bits per heavy atom. The second-order valence-corrected chi connectivity index (χ2v) is 3.38. The Bertz CT molecular complexity index is 313. The number of halogens is 2. The van der Waals surface area contributed by atoms with Gasteiger partial charge in [-0.2, -0.15) is 0 Å². The van der Waals surface area contributed by atoms with Crippen LogP contribution in [0.2, 0.25) is 0 Å². The second-order valence-electron chi connectivity index (χ2n) is 3.38. The molecule has 0 saturated heterocycles. The third kappa shape index (κ3) is 3.25. The van der Waals surface area contributed by atoms with E-state index in [-0.39, 0.29) is 24.8 Å². The van der Waals surface area contributed by atoms with E-state index in [0.29, 0.717) is 0 Å². The Balaban J connectivity index is 2.61. The predicted molar refractivity (Wildman–Crippen MR) is 54.4 cm³/mol. The maximum atomic E-state index is 13.2. The van der Waals surface area contributed by atoms with Gasteiger partial charge in [-0.05, 0) is 12.5 Å². The summed E-state index contributed by atoms with van der Waals surface area (Å²) >= 11 is 0. The number of aliphatic hydroxyl groups is 1. The molecule has 1 unspecified atom stereocenters. The summed E-state index contributed by atoms with van der Waals surface area (Å²) in [6.07, 6.45) is 0.743. The summed E-state index contributed by atoms with van der Waals surface area (Å²) in [4.78, 5) is 0. The first-order valence-electron chi connectivity index (χ1n) is 4.96. The van der Waals surface area contributed by atoms with Gasteiger partial charge in [-0.3, -0.25) is 0 Å². The van der Waals surface area contributed by atoms with Crippen LogP contribution in [0.5, 0.6) is 0 Å². The molecule has 0 fully saturated rings. The van der Waals surface area contributed by atoms with E-state index in [9.17, 15) is 8.78 Å². The molecule has 0 aliphatic rings. The van der Waals surface area contributed by atoms with Crippen LogP contribution < -0.4 is 5.32 Å². The predicted octanol–water partition coefficient (Wildman–Crippen LogP) is 1.83. The van der Waals surface area contributed by atoms with Crippen molar-refractivity contribution in [3.8, 4) is 0 Å². The number of hydrogen-bond acceptors (Lipinski definition) is 2. The quantitative estimate of drug-likeness (QED) is 0.785. The number of benzene rings is 1. The lowest BCUT2D eigenvalue weighted by molar-refractivity contribution is 0.237. The number of aliphatic hydroxyl groups excluding tert-OH is 1.